The molecule has 0 spiro atoms. The highest BCUT2D eigenvalue weighted by Crippen LogP contribution is 2.31. The van der Waals surface area contributed by atoms with Gasteiger partial charge in [0, 0.05) is 48.7 Å². The first-order valence-electron chi connectivity index (χ1n) is 10.4. The van der Waals surface area contributed by atoms with Crippen LogP contribution >= 0.6 is 0 Å². The van der Waals surface area contributed by atoms with Crippen LogP contribution in [-0.4, -0.2) is 51.2 Å². The number of hydrogen-bond acceptors (Lipinski definition) is 5. The Balaban J connectivity index is 1.43. The zero-order chi connectivity index (χ0) is 21.5. The molecule has 3 N–H and O–H groups in total. The average molecular weight is 421 g/mol. The minimum Gasteiger partial charge on any atom is -0.369 e. The zero-order valence-electron chi connectivity index (χ0n) is 17.4. The standard InChI is InChI=1S/C22H24FN7O/c1-3-24-14-6-7-29(11-14)19-5-4-16(20-17(19)9-25-28-20)22(31)27-15-8-18(23)21-26-13(2)10-30(21)12-15/h4-5,8-10,12,14,24H,3,6-7,11H2,1-2H3,(H,25,28)(H,27,31). The Hall–Kier alpha value is -3.46. The molecule has 3 aromatic heterocycles. The van der Waals surface area contributed by atoms with E-state index in [2.05, 4.69) is 37.6 Å². The van der Waals surface area contributed by atoms with Crippen molar-refractivity contribution < 1.29 is 9.18 Å². The molecule has 1 fully saturated rings. The third-order valence-corrected chi connectivity index (χ3v) is 5.74. The molecule has 4 heterocycles. The minimum absolute atomic E-state index is 0.234. The van der Waals surface area contributed by atoms with E-state index in [9.17, 15) is 9.18 Å². The van der Waals surface area contributed by atoms with Gasteiger partial charge >= 0.3 is 0 Å². The first-order valence-corrected chi connectivity index (χ1v) is 10.4. The molecule has 8 nitrogen and oxygen atoms in total. The summed E-state index contributed by atoms with van der Waals surface area (Å²) in [5, 5.41) is 14.3. The van der Waals surface area contributed by atoms with Gasteiger partial charge in [0.05, 0.1) is 28.7 Å². The number of aryl methyl sites for hydroxylation is 1. The van der Waals surface area contributed by atoms with Crippen LogP contribution in [0.4, 0.5) is 15.8 Å². The number of aromatic nitrogens is 4. The number of carbonyl (C=O) groups is 1. The van der Waals surface area contributed by atoms with Crippen LogP contribution in [-0.2, 0) is 0 Å². The van der Waals surface area contributed by atoms with Crippen LogP contribution < -0.4 is 15.5 Å². The molecule has 4 aromatic rings. The van der Waals surface area contributed by atoms with E-state index in [1.54, 1.807) is 36.0 Å². The van der Waals surface area contributed by atoms with Crippen LogP contribution in [0.5, 0.6) is 0 Å². The molecule has 0 bridgehead atoms. The van der Waals surface area contributed by atoms with Crippen molar-refractivity contribution in [2.45, 2.75) is 26.3 Å². The van der Waals surface area contributed by atoms with E-state index in [4.69, 9.17) is 0 Å². The molecule has 9 heteroatoms. The van der Waals surface area contributed by atoms with Crippen molar-refractivity contribution in [3.05, 3.63) is 53.9 Å². The number of anilines is 2. The van der Waals surface area contributed by atoms with Gasteiger partial charge in [0.15, 0.2) is 11.5 Å². The van der Waals surface area contributed by atoms with Crippen molar-refractivity contribution in [2.24, 2.45) is 0 Å². The second kappa shape index (κ2) is 7.66. The molecule has 1 aliphatic rings. The van der Waals surface area contributed by atoms with E-state index in [-0.39, 0.29) is 11.6 Å². The highest BCUT2D eigenvalue weighted by Gasteiger charge is 2.25. The maximum Gasteiger partial charge on any atom is 0.257 e. The summed E-state index contributed by atoms with van der Waals surface area (Å²) in [6.07, 6.45) is 6.20. The van der Waals surface area contributed by atoms with E-state index in [1.807, 2.05) is 6.07 Å². The smallest absolute Gasteiger partial charge is 0.257 e. The fraction of sp³-hybridized carbons (Fsp3) is 0.318. The Morgan fingerprint density at radius 3 is 3.06 bits per heavy atom. The van der Waals surface area contributed by atoms with Crippen molar-refractivity contribution in [1.82, 2.24) is 24.9 Å². The van der Waals surface area contributed by atoms with Crippen LogP contribution in [0.15, 0.2) is 36.8 Å². The molecule has 1 unspecified atom stereocenters. The number of hydrogen-bond donors (Lipinski definition) is 3. The number of rotatable bonds is 5. The third-order valence-electron chi connectivity index (χ3n) is 5.74. The van der Waals surface area contributed by atoms with Crippen LogP contribution in [0.25, 0.3) is 16.6 Å². The van der Waals surface area contributed by atoms with Crippen molar-refractivity contribution >= 4 is 33.8 Å². The lowest BCUT2D eigenvalue weighted by molar-refractivity contribution is 0.102. The van der Waals surface area contributed by atoms with Gasteiger partial charge in [-0.3, -0.25) is 9.89 Å². The Morgan fingerprint density at radius 2 is 2.23 bits per heavy atom. The number of halogens is 1. The number of aromatic amines is 1. The number of likely N-dealkylation sites (N-methyl/N-ethyl adjacent to an activating group) is 1. The summed E-state index contributed by atoms with van der Waals surface area (Å²) in [6.45, 7) is 6.73. The highest BCUT2D eigenvalue weighted by atomic mass is 19.1. The maximum atomic E-state index is 14.4. The predicted molar refractivity (Wildman–Crippen MR) is 118 cm³/mol. The summed E-state index contributed by atoms with van der Waals surface area (Å²) < 4.78 is 15.9. The minimum atomic E-state index is -0.489. The molecule has 1 atom stereocenters. The second-order valence-corrected chi connectivity index (χ2v) is 7.92. The third kappa shape index (κ3) is 3.50. The van der Waals surface area contributed by atoms with Gasteiger partial charge in [0.2, 0.25) is 0 Å². The van der Waals surface area contributed by atoms with Crippen molar-refractivity contribution in [3.8, 4) is 0 Å². The largest absolute Gasteiger partial charge is 0.369 e. The molecule has 1 amide bonds. The van der Waals surface area contributed by atoms with Crippen LogP contribution in [0.1, 0.15) is 29.4 Å². The maximum absolute atomic E-state index is 14.4. The summed E-state index contributed by atoms with van der Waals surface area (Å²) >= 11 is 0. The number of pyridine rings is 1. The molecule has 0 aliphatic carbocycles. The van der Waals surface area contributed by atoms with Gasteiger partial charge in [0.1, 0.15) is 0 Å². The normalized spacial score (nSPS) is 16.5. The first kappa shape index (κ1) is 19.5. The fourth-order valence-corrected chi connectivity index (χ4v) is 4.37. The van der Waals surface area contributed by atoms with Gasteiger partial charge < -0.3 is 19.9 Å². The van der Waals surface area contributed by atoms with Crippen LogP contribution in [0.2, 0.25) is 0 Å². The Labute approximate surface area is 178 Å². The SMILES string of the molecule is CCNC1CCN(c2ccc(C(=O)Nc3cc(F)c4nc(C)cn4c3)c3[nH]ncc23)C1. The highest BCUT2D eigenvalue weighted by molar-refractivity contribution is 6.13. The second-order valence-electron chi connectivity index (χ2n) is 7.92. The summed E-state index contributed by atoms with van der Waals surface area (Å²) in [5.41, 5.74) is 3.48. The van der Waals surface area contributed by atoms with Gasteiger partial charge in [-0.15, -0.1) is 0 Å². The summed E-state index contributed by atoms with van der Waals surface area (Å²) in [6, 6.07) is 5.50. The van der Waals surface area contributed by atoms with Crippen molar-refractivity contribution in [3.63, 3.8) is 0 Å². The summed E-state index contributed by atoms with van der Waals surface area (Å²) in [5.74, 6) is -0.819. The average Bonchev–Trinajstić information content (AvgIpc) is 3.47. The van der Waals surface area contributed by atoms with Gasteiger partial charge in [-0.05, 0) is 32.0 Å². The number of carbonyl (C=O) groups excluding carboxylic acids is 1. The van der Waals surface area contributed by atoms with E-state index in [1.165, 1.54) is 6.07 Å². The van der Waals surface area contributed by atoms with E-state index >= 15 is 0 Å². The van der Waals surface area contributed by atoms with Crippen molar-refractivity contribution in [1.29, 1.82) is 0 Å². The van der Waals surface area contributed by atoms with Gasteiger partial charge in [0.25, 0.3) is 5.91 Å². The Morgan fingerprint density at radius 1 is 1.35 bits per heavy atom. The number of fused-ring (bicyclic) bond motifs is 2. The van der Waals surface area contributed by atoms with E-state index < -0.39 is 5.82 Å². The number of nitrogens with one attached hydrogen (secondary N) is 3. The fourth-order valence-electron chi connectivity index (χ4n) is 4.37. The van der Waals surface area contributed by atoms with Crippen LogP contribution in [0, 0.1) is 12.7 Å². The lowest BCUT2D eigenvalue weighted by atomic mass is 10.1. The lowest BCUT2D eigenvalue weighted by Gasteiger charge is -2.20. The van der Waals surface area contributed by atoms with Crippen LogP contribution in [0.3, 0.4) is 0 Å². The number of imidazole rings is 1. The molecule has 31 heavy (non-hydrogen) atoms. The summed E-state index contributed by atoms with van der Waals surface area (Å²) in [7, 11) is 0. The molecule has 160 valence electrons. The molecule has 0 radical (unpaired) electrons. The molecular weight excluding hydrogens is 397 g/mol. The molecule has 1 aromatic carbocycles. The topological polar surface area (TPSA) is 90.4 Å². The predicted octanol–water partition coefficient (Wildman–Crippen LogP) is 3.10. The van der Waals surface area contributed by atoms with Gasteiger partial charge in [-0.2, -0.15) is 5.10 Å². The monoisotopic (exact) mass is 421 g/mol. The number of nitrogens with zero attached hydrogens (tertiary/aromatic N) is 4. The Kier molecular flexibility index (Phi) is 4.82. The Bertz CT molecular complexity index is 1280. The summed E-state index contributed by atoms with van der Waals surface area (Å²) in [4.78, 5) is 19.5. The van der Waals surface area contributed by atoms with Crippen molar-refractivity contribution in [2.75, 3.05) is 29.9 Å². The molecule has 1 saturated heterocycles. The molecular formula is C22H24FN7O. The van der Waals surface area contributed by atoms with Gasteiger partial charge in [-0.1, -0.05) is 6.92 Å². The van der Waals surface area contributed by atoms with Gasteiger partial charge in [-0.25, -0.2) is 9.37 Å². The first-order chi connectivity index (χ1) is 15.0. The number of H-pyrrole nitrogens is 1. The van der Waals surface area contributed by atoms with E-state index in [0.717, 1.165) is 37.1 Å². The number of amides is 1. The van der Waals surface area contributed by atoms with E-state index in [0.29, 0.717) is 28.5 Å². The quantitative estimate of drug-likeness (QED) is 0.461. The molecule has 1 aliphatic heterocycles. The molecule has 5 rings (SSSR count). The number of benzene rings is 1. The lowest BCUT2D eigenvalue weighted by Crippen LogP contribution is -2.32. The zero-order valence-corrected chi connectivity index (χ0v) is 17.4. The molecule has 0 saturated carbocycles.